The van der Waals surface area contributed by atoms with Crippen LogP contribution in [-0.4, -0.2) is 44.6 Å². The van der Waals surface area contributed by atoms with Crippen LogP contribution in [0.25, 0.3) is 0 Å². The van der Waals surface area contributed by atoms with E-state index in [1.807, 2.05) is 6.34 Å². The summed E-state index contributed by atoms with van der Waals surface area (Å²) in [6.07, 6.45) is 3.10. The molecule has 0 amide bonds. The Morgan fingerprint density at radius 2 is 2.60 bits per heavy atom. The van der Waals surface area contributed by atoms with Gasteiger partial charge in [0.1, 0.15) is 0 Å². The molecule has 0 aromatic heterocycles. The number of methoxy groups -OCH3 is 1. The van der Waals surface area contributed by atoms with Crippen LogP contribution in [-0.2, 0) is 4.74 Å². The van der Waals surface area contributed by atoms with E-state index in [0.717, 1.165) is 26.2 Å². The topological polar surface area (TPSA) is 24.8 Å². The lowest BCUT2D eigenvalue weighted by Gasteiger charge is -2.21. The highest BCUT2D eigenvalue weighted by molar-refractivity contribution is 5.55. The lowest BCUT2D eigenvalue weighted by Crippen LogP contribution is -2.30. The standard InChI is InChI=1S/C7H14N2O/c1-10-6-5-9-4-2-3-8-7-9/h7H,2-6H2,1H3. The molecule has 0 N–H and O–H groups in total. The largest absolute Gasteiger partial charge is 0.383 e. The predicted octanol–water partition coefficient (Wildman–Crippen LogP) is 0.367. The van der Waals surface area contributed by atoms with Crippen molar-refractivity contribution in [3.05, 3.63) is 0 Å². The van der Waals surface area contributed by atoms with Gasteiger partial charge in [0.2, 0.25) is 0 Å². The van der Waals surface area contributed by atoms with Crippen molar-refractivity contribution < 1.29 is 4.74 Å². The Labute approximate surface area is 61.7 Å². The van der Waals surface area contributed by atoms with Crippen LogP contribution in [0.1, 0.15) is 6.42 Å². The zero-order valence-electron chi connectivity index (χ0n) is 6.42. The minimum Gasteiger partial charge on any atom is -0.383 e. The van der Waals surface area contributed by atoms with E-state index in [1.165, 1.54) is 6.42 Å². The first-order chi connectivity index (χ1) is 4.93. The molecule has 10 heavy (non-hydrogen) atoms. The molecule has 0 bridgehead atoms. The summed E-state index contributed by atoms with van der Waals surface area (Å²) < 4.78 is 4.94. The second-order valence-corrected chi connectivity index (χ2v) is 2.40. The van der Waals surface area contributed by atoms with E-state index in [2.05, 4.69) is 9.89 Å². The Morgan fingerprint density at radius 1 is 1.70 bits per heavy atom. The molecule has 0 aliphatic carbocycles. The fourth-order valence-electron chi connectivity index (χ4n) is 0.974. The van der Waals surface area contributed by atoms with Crippen molar-refractivity contribution in [2.75, 3.05) is 33.4 Å². The van der Waals surface area contributed by atoms with Gasteiger partial charge in [-0.15, -0.1) is 0 Å². The highest BCUT2D eigenvalue weighted by Gasteiger charge is 2.01. The molecule has 1 aliphatic rings. The zero-order valence-corrected chi connectivity index (χ0v) is 6.42. The first-order valence-corrected chi connectivity index (χ1v) is 3.66. The number of hydrogen-bond acceptors (Lipinski definition) is 3. The molecule has 0 aromatic rings. The van der Waals surface area contributed by atoms with Gasteiger partial charge in [-0.2, -0.15) is 0 Å². The minimum atomic E-state index is 0.798. The molecule has 0 atom stereocenters. The number of hydrogen-bond donors (Lipinski definition) is 0. The molecular formula is C7H14N2O. The fraction of sp³-hybridized carbons (Fsp3) is 0.857. The van der Waals surface area contributed by atoms with Crippen molar-refractivity contribution in [1.29, 1.82) is 0 Å². The summed E-state index contributed by atoms with van der Waals surface area (Å²) >= 11 is 0. The van der Waals surface area contributed by atoms with Crippen molar-refractivity contribution in [3.8, 4) is 0 Å². The zero-order chi connectivity index (χ0) is 7.23. The van der Waals surface area contributed by atoms with Gasteiger partial charge in [-0.1, -0.05) is 0 Å². The number of rotatable bonds is 3. The van der Waals surface area contributed by atoms with Crippen LogP contribution in [0.2, 0.25) is 0 Å². The molecule has 1 heterocycles. The molecule has 1 rings (SSSR count). The molecule has 58 valence electrons. The summed E-state index contributed by atoms with van der Waals surface area (Å²) in [6.45, 7) is 3.89. The molecule has 1 aliphatic heterocycles. The lowest BCUT2D eigenvalue weighted by molar-refractivity contribution is 0.176. The normalized spacial score (nSPS) is 17.9. The van der Waals surface area contributed by atoms with Crippen molar-refractivity contribution in [2.45, 2.75) is 6.42 Å². The van der Waals surface area contributed by atoms with Crippen molar-refractivity contribution >= 4 is 6.34 Å². The maximum absolute atomic E-state index is 4.94. The van der Waals surface area contributed by atoms with Crippen molar-refractivity contribution in [1.82, 2.24) is 4.90 Å². The summed E-state index contributed by atoms with van der Waals surface area (Å²) in [7, 11) is 1.72. The Balaban J connectivity index is 2.13. The maximum atomic E-state index is 4.94. The first-order valence-electron chi connectivity index (χ1n) is 3.66. The van der Waals surface area contributed by atoms with Gasteiger partial charge in [-0.25, -0.2) is 0 Å². The van der Waals surface area contributed by atoms with Crippen LogP contribution < -0.4 is 0 Å². The third kappa shape index (κ3) is 2.35. The summed E-state index contributed by atoms with van der Waals surface area (Å²) in [5, 5.41) is 0. The van der Waals surface area contributed by atoms with E-state index < -0.39 is 0 Å². The number of nitrogens with zero attached hydrogens (tertiary/aromatic N) is 2. The molecule has 0 spiro atoms. The molecule has 0 unspecified atom stereocenters. The van der Waals surface area contributed by atoms with Crippen LogP contribution in [0, 0.1) is 0 Å². The Hall–Kier alpha value is -0.570. The molecule has 0 radical (unpaired) electrons. The number of ether oxygens (including phenoxy) is 1. The Kier molecular flexibility index (Phi) is 3.22. The average Bonchev–Trinajstić information content (AvgIpc) is 2.03. The Morgan fingerprint density at radius 3 is 3.20 bits per heavy atom. The summed E-state index contributed by atoms with van der Waals surface area (Å²) in [4.78, 5) is 6.34. The lowest BCUT2D eigenvalue weighted by atomic mass is 10.3. The summed E-state index contributed by atoms with van der Waals surface area (Å²) in [5.74, 6) is 0. The van der Waals surface area contributed by atoms with Gasteiger partial charge >= 0.3 is 0 Å². The van der Waals surface area contributed by atoms with Gasteiger partial charge < -0.3 is 9.64 Å². The molecule has 3 heteroatoms. The van der Waals surface area contributed by atoms with E-state index in [1.54, 1.807) is 7.11 Å². The molecular weight excluding hydrogens is 128 g/mol. The van der Waals surface area contributed by atoms with E-state index in [9.17, 15) is 0 Å². The van der Waals surface area contributed by atoms with Crippen LogP contribution in [0.5, 0.6) is 0 Å². The number of aliphatic imine (C=N–C) groups is 1. The SMILES string of the molecule is COCCN1C=NCCC1. The predicted molar refractivity (Wildman–Crippen MR) is 41.4 cm³/mol. The van der Waals surface area contributed by atoms with Crippen LogP contribution in [0.4, 0.5) is 0 Å². The summed E-state index contributed by atoms with van der Waals surface area (Å²) in [6, 6.07) is 0. The van der Waals surface area contributed by atoms with E-state index >= 15 is 0 Å². The van der Waals surface area contributed by atoms with Gasteiger partial charge in [0.25, 0.3) is 0 Å². The quantitative estimate of drug-likeness (QED) is 0.568. The molecule has 0 saturated heterocycles. The smallest absolute Gasteiger partial charge is 0.0850 e. The minimum absolute atomic E-state index is 0.798. The highest BCUT2D eigenvalue weighted by atomic mass is 16.5. The van der Waals surface area contributed by atoms with Gasteiger partial charge in [0, 0.05) is 26.7 Å². The van der Waals surface area contributed by atoms with Crippen LogP contribution in [0.3, 0.4) is 0 Å². The second kappa shape index (κ2) is 4.28. The molecule has 0 fully saturated rings. The van der Waals surface area contributed by atoms with Gasteiger partial charge in [0.15, 0.2) is 0 Å². The van der Waals surface area contributed by atoms with Crippen LogP contribution in [0.15, 0.2) is 4.99 Å². The van der Waals surface area contributed by atoms with Gasteiger partial charge in [-0.3, -0.25) is 4.99 Å². The molecule has 3 nitrogen and oxygen atoms in total. The molecule has 0 saturated carbocycles. The third-order valence-electron chi connectivity index (χ3n) is 1.56. The van der Waals surface area contributed by atoms with Crippen molar-refractivity contribution in [3.63, 3.8) is 0 Å². The Bertz CT molecular complexity index is 114. The maximum Gasteiger partial charge on any atom is 0.0850 e. The second-order valence-electron chi connectivity index (χ2n) is 2.40. The summed E-state index contributed by atoms with van der Waals surface area (Å²) in [5.41, 5.74) is 0. The van der Waals surface area contributed by atoms with Crippen LogP contribution >= 0.6 is 0 Å². The van der Waals surface area contributed by atoms with Crippen molar-refractivity contribution in [2.24, 2.45) is 4.99 Å². The monoisotopic (exact) mass is 142 g/mol. The van der Waals surface area contributed by atoms with Gasteiger partial charge in [-0.05, 0) is 6.42 Å². The third-order valence-corrected chi connectivity index (χ3v) is 1.56. The van der Waals surface area contributed by atoms with Gasteiger partial charge in [0.05, 0.1) is 12.9 Å². The molecule has 0 aromatic carbocycles. The average molecular weight is 142 g/mol. The highest BCUT2D eigenvalue weighted by Crippen LogP contribution is 1.94. The first kappa shape index (κ1) is 7.54. The fourth-order valence-corrected chi connectivity index (χ4v) is 0.974. The van der Waals surface area contributed by atoms with E-state index in [-0.39, 0.29) is 0 Å². The van der Waals surface area contributed by atoms with E-state index in [0.29, 0.717) is 0 Å². The van der Waals surface area contributed by atoms with E-state index in [4.69, 9.17) is 4.74 Å².